The third kappa shape index (κ3) is 6.00. The summed E-state index contributed by atoms with van der Waals surface area (Å²) in [7, 11) is 0. The van der Waals surface area contributed by atoms with Crippen molar-refractivity contribution in [1.82, 2.24) is 4.90 Å². The molecular formula is C23H31Cl2NO3. The first kappa shape index (κ1) is 23.8. The van der Waals surface area contributed by atoms with Gasteiger partial charge in [-0.3, -0.25) is 9.69 Å². The minimum Gasteiger partial charge on any atom is -0.481 e. The number of nitrogens with zero attached hydrogens (tertiary/aromatic N) is 1. The molecule has 4 nitrogen and oxygen atoms in total. The van der Waals surface area contributed by atoms with Crippen molar-refractivity contribution >= 4 is 30.0 Å². The predicted molar refractivity (Wildman–Crippen MR) is 119 cm³/mol. The summed E-state index contributed by atoms with van der Waals surface area (Å²) < 4.78 is 5.58. The monoisotopic (exact) mass is 439 g/mol. The Kier molecular flexibility index (Phi) is 8.62. The van der Waals surface area contributed by atoms with Gasteiger partial charge >= 0.3 is 5.97 Å². The van der Waals surface area contributed by atoms with Crippen molar-refractivity contribution in [3.63, 3.8) is 0 Å². The molecule has 0 aliphatic carbocycles. The van der Waals surface area contributed by atoms with E-state index in [0.29, 0.717) is 6.42 Å². The van der Waals surface area contributed by atoms with E-state index in [1.807, 2.05) is 12.1 Å². The van der Waals surface area contributed by atoms with Crippen molar-refractivity contribution < 1.29 is 14.3 Å². The van der Waals surface area contributed by atoms with Crippen LogP contribution in [0.1, 0.15) is 68.9 Å². The van der Waals surface area contributed by atoms with E-state index in [2.05, 4.69) is 23.1 Å². The quantitative estimate of drug-likeness (QED) is 0.452. The standard InChI is InChI=1S/C23H30ClNO3.ClH/c1-23(2,22(26)27)13-7-3-4-10-20(18-8-5-6-9-19(18)24)25-14-11-21-17(16-25)12-15-28-21;/h5-6,8-9,12,15,20H,3-4,7,10-11,13-14,16H2,1-2H3,(H,26,27);1H. The van der Waals surface area contributed by atoms with E-state index in [1.54, 1.807) is 20.1 Å². The highest BCUT2D eigenvalue weighted by Gasteiger charge is 2.28. The SMILES string of the molecule is CC(C)(CCCCCC(c1ccccc1Cl)N1CCc2occc2C1)C(=O)O.Cl. The van der Waals surface area contributed by atoms with E-state index in [-0.39, 0.29) is 18.4 Å². The molecule has 1 N–H and O–H groups in total. The number of hydrogen-bond acceptors (Lipinski definition) is 3. The van der Waals surface area contributed by atoms with Crippen LogP contribution < -0.4 is 0 Å². The molecule has 0 saturated carbocycles. The fourth-order valence-electron chi connectivity index (χ4n) is 4.00. The smallest absolute Gasteiger partial charge is 0.309 e. The fraction of sp³-hybridized carbons (Fsp3) is 0.522. The molecule has 0 bridgehead atoms. The minimum atomic E-state index is -0.717. The number of carboxylic acids is 1. The largest absolute Gasteiger partial charge is 0.481 e. The van der Waals surface area contributed by atoms with Crippen LogP contribution in [0.25, 0.3) is 0 Å². The summed E-state index contributed by atoms with van der Waals surface area (Å²) in [6, 6.07) is 10.5. The van der Waals surface area contributed by atoms with Gasteiger partial charge in [0.1, 0.15) is 5.76 Å². The molecule has 0 amide bonds. The maximum absolute atomic E-state index is 11.3. The molecule has 1 aromatic heterocycles. The Bertz CT molecular complexity index is 803. The van der Waals surface area contributed by atoms with E-state index < -0.39 is 11.4 Å². The average molecular weight is 440 g/mol. The number of carbonyl (C=O) groups is 1. The first-order valence-electron chi connectivity index (χ1n) is 10.2. The summed E-state index contributed by atoms with van der Waals surface area (Å²) in [5.41, 5.74) is 1.81. The van der Waals surface area contributed by atoms with Crippen molar-refractivity contribution in [1.29, 1.82) is 0 Å². The van der Waals surface area contributed by atoms with Gasteiger partial charge in [0.25, 0.3) is 0 Å². The second-order valence-electron chi connectivity index (χ2n) is 8.42. The van der Waals surface area contributed by atoms with Gasteiger partial charge in [0.15, 0.2) is 0 Å². The number of hydrogen-bond donors (Lipinski definition) is 1. The summed E-state index contributed by atoms with van der Waals surface area (Å²) >= 11 is 6.54. The first-order valence-corrected chi connectivity index (χ1v) is 10.5. The van der Waals surface area contributed by atoms with E-state index in [0.717, 1.165) is 56.0 Å². The lowest BCUT2D eigenvalue weighted by atomic mass is 9.86. The number of unbranched alkanes of at least 4 members (excludes halogenated alkanes) is 2. The van der Waals surface area contributed by atoms with Gasteiger partial charge in [0.2, 0.25) is 0 Å². The summed E-state index contributed by atoms with van der Waals surface area (Å²) in [4.78, 5) is 13.8. The Balaban J connectivity index is 0.00000300. The molecular weight excluding hydrogens is 409 g/mol. The third-order valence-electron chi connectivity index (χ3n) is 5.90. The minimum absolute atomic E-state index is 0. The highest BCUT2D eigenvalue weighted by Crippen LogP contribution is 2.35. The second kappa shape index (κ2) is 10.5. The molecule has 0 spiro atoms. The zero-order valence-electron chi connectivity index (χ0n) is 17.2. The Morgan fingerprint density at radius 1 is 1.24 bits per heavy atom. The van der Waals surface area contributed by atoms with Crippen LogP contribution in [0.3, 0.4) is 0 Å². The Morgan fingerprint density at radius 3 is 2.72 bits per heavy atom. The molecule has 0 fully saturated rings. The van der Waals surface area contributed by atoms with Gasteiger partial charge in [-0.1, -0.05) is 49.1 Å². The molecule has 1 aromatic carbocycles. The number of halogens is 2. The van der Waals surface area contributed by atoms with Gasteiger partial charge in [-0.15, -0.1) is 12.4 Å². The maximum atomic E-state index is 11.3. The van der Waals surface area contributed by atoms with Gasteiger partial charge in [0.05, 0.1) is 11.7 Å². The lowest BCUT2D eigenvalue weighted by Crippen LogP contribution is -2.34. The number of aliphatic carboxylic acids is 1. The lowest BCUT2D eigenvalue weighted by Gasteiger charge is -2.35. The molecule has 6 heteroatoms. The van der Waals surface area contributed by atoms with E-state index in [9.17, 15) is 9.90 Å². The van der Waals surface area contributed by atoms with Gasteiger partial charge in [-0.05, 0) is 44.4 Å². The zero-order chi connectivity index (χ0) is 20.1. The van der Waals surface area contributed by atoms with Crippen LogP contribution in [0.4, 0.5) is 0 Å². The molecule has 1 unspecified atom stereocenters. The molecule has 2 aromatic rings. The Morgan fingerprint density at radius 2 is 2.00 bits per heavy atom. The zero-order valence-corrected chi connectivity index (χ0v) is 18.8. The van der Waals surface area contributed by atoms with Gasteiger partial charge in [0, 0.05) is 36.1 Å². The average Bonchev–Trinajstić information content (AvgIpc) is 3.13. The molecule has 3 rings (SSSR count). The molecule has 2 heterocycles. The molecule has 0 radical (unpaired) electrons. The molecule has 0 saturated heterocycles. The van der Waals surface area contributed by atoms with Crippen LogP contribution in [0.15, 0.2) is 41.0 Å². The van der Waals surface area contributed by atoms with Gasteiger partial charge in [-0.2, -0.15) is 0 Å². The van der Waals surface area contributed by atoms with Crippen LogP contribution in [0.2, 0.25) is 5.02 Å². The predicted octanol–water partition coefficient (Wildman–Crippen LogP) is 6.52. The number of benzene rings is 1. The van der Waals surface area contributed by atoms with Crippen molar-refractivity contribution in [2.24, 2.45) is 5.41 Å². The highest BCUT2D eigenvalue weighted by atomic mass is 35.5. The molecule has 160 valence electrons. The number of rotatable bonds is 9. The fourth-order valence-corrected chi connectivity index (χ4v) is 4.27. The number of fused-ring (bicyclic) bond motifs is 1. The summed E-state index contributed by atoms with van der Waals surface area (Å²) in [6.07, 6.45) is 7.45. The Labute approximate surface area is 184 Å². The van der Waals surface area contributed by atoms with E-state index in [1.165, 1.54) is 11.1 Å². The lowest BCUT2D eigenvalue weighted by molar-refractivity contribution is -0.147. The first-order chi connectivity index (χ1) is 13.4. The molecule has 1 atom stereocenters. The second-order valence-corrected chi connectivity index (χ2v) is 8.82. The van der Waals surface area contributed by atoms with Crippen LogP contribution in [-0.2, 0) is 17.8 Å². The van der Waals surface area contributed by atoms with E-state index in [4.69, 9.17) is 16.0 Å². The van der Waals surface area contributed by atoms with Crippen LogP contribution in [0.5, 0.6) is 0 Å². The molecule has 29 heavy (non-hydrogen) atoms. The maximum Gasteiger partial charge on any atom is 0.309 e. The summed E-state index contributed by atoms with van der Waals surface area (Å²) in [6.45, 7) is 5.45. The van der Waals surface area contributed by atoms with Crippen molar-refractivity contribution in [3.05, 3.63) is 58.5 Å². The van der Waals surface area contributed by atoms with Crippen LogP contribution >= 0.6 is 24.0 Å². The van der Waals surface area contributed by atoms with Crippen LogP contribution in [0, 0.1) is 5.41 Å². The topological polar surface area (TPSA) is 53.7 Å². The van der Waals surface area contributed by atoms with Crippen LogP contribution in [-0.4, -0.2) is 22.5 Å². The third-order valence-corrected chi connectivity index (χ3v) is 6.24. The molecule has 1 aliphatic rings. The molecule has 1 aliphatic heterocycles. The van der Waals surface area contributed by atoms with E-state index >= 15 is 0 Å². The van der Waals surface area contributed by atoms with Crippen molar-refractivity contribution in [2.75, 3.05) is 6.54 Å². The Hall–Kier alpha value is -1.49. The van der Waals surface area contributed by atoms with Crippen molar-refractivity contribution in [3.8, 4) is 0 Å². The normalized spacial score (nSPS) is 15.4. The number of furan rings is 1. The number of carboxylic acid groups (broad SMARTS) is 1. The van der Waals surface area contributed by atoms with Gasteiger partial charge < -0.3 is 9.52 Å². The highest BCUT2D eigenvalue weighted by molar-refractivity contribution is 6.31. The summed E-state index contributed by atoms with van der Waals surface area (Å²) in [5, 5.41) is 10.1. The van der Waals surface area contributed by atoms with Crippen molar-refractivity contribution in [2.45, 2.75) is 65.0 Å². The summed E-state index contributed by atoms with van der Waals surface area (Å²) in [5.74, 6) is 0.385. The van der Waals surface area contributed by atoms with Gasteiger partial charge in [-0.25, -0.2) is 0 Å².